The first-order chi connectivity index (χ1) is 15.6. The summed E-state index contributed by atoms with van der Waals surface area (Å²) in [6.07, 6.45) is 0. The fraction of sp³-hybridized carbons (Fsp3) is 0.440. The summed E-state index contributed by atoms with van der Waals surface area (Å²) in [5.74, 6) is 0.866. The maximum Gasteiger partial charge on any atom is 0.239 e. The lowest BCUT2D eigenvalue weighted by atomic mass is 10.1. The molecule has 2 aromatic carbocycles. The van der Waals surface area contributed by atoms with Crippen molar-refractivity contribution in [3.05, 3.63) is 65.7 Å². The minimum Gasteiger partial charge on any atom is -0.360 e. The van der Waals surface area contributed by atoms with Gasteiger partial charge in [-0.15, -0.1) is 24.0 Å². The molecule has 0 saturated carbocycles. The van der Waals surface area contributed by atoms with E-state index in [0.29, 0.717) is 19.6 Å². The zero-order valence-electron chi connectivity index (χ0n) is 19.9. The standard InChI is InChI=1S/C25H36N6O.HI/c1-4-30(5-2)23(21-9-7-6-8-10-21)18-29-25(26-3)28-17-20-11-13-22(14-12-20)31-16-15-27-24(32)19-31;/h6-14,23H,4-5,15-19H2,1-3H3,(H,27,32)(H2,26,28,29);1H. The van der Waals surface area contributed by atoms with Crippen molar-refractivity contribution in [1.29, 1.82) is 0 Å². The number of hydrogen-bond acceptors (Lipinski definition) is 4. The van der Waals surface area contributed by atoms with Crippen LogP contribution in [0.2, 0.25) is 0 Å². The SMILES string of the molecule is CCN(CC)C(CNC(=NC)NCc1ccc(N2CCNC(=O)C2)cc1)c1ccccc1.I. The van der Waals surface area contributed by atoms with E-state index in [-0.39, 0.29) is 35.9 Å². The van der Waals surface area contributed by atoms with Crippen molar-refractivity contribution in [1.82, 2.24) is 20.9 Å². The number of nitrogens with one attached hydrogen (secondary N) is 3. The lowest BCUT2D eigenvalue weighted by Gasteiger charge is -2.31. The molecule has 1 fully saturated rings. The number of guanidine groups is 1. The molecule has 7 nitrogen and oxygen atoms in total. The molecule has 1 aliphatic heterocycles. The second kappa shape index (κ2) is 14.0. The van der Waals surface area contributed by atoms with E-state index in [2.05, 4.69) is 99.2 Å². The molecule has 1 aliphatic rings. The number of benzene rings is 2. The Morgan fingerprint density at radius 1 is 1.09 bits per heavy atom. The van der Waals surface area contributed by atoms with Gasteiger partial charge in [0.25, 0.3) is 0 Å². The molecule has 0 bridgehead atoms. The van der Waals surface area contributed by atoms with Gasteiger partial charge in [0.05, 0.1) is 12.6 Å². The summed E-state index contributed by atoms with van der Waals surface area (Å²) in [6, 6.07) is 19.3. The molecule has 0 aliphatic carbocycles. The van der Waals surface area contributed by atoms with E-state index in [1.807, 2.05) is 0 Å². The number of likely N-dealkylation sites (N-methyl/N-ethyl adjacent to an activating group) is 1. The van der Waals surface area contributed by atoms with Gasteiger partial charge in [0.1, 0.15) is 0 Å². The van der Waals surface area contributed by atoms with Crippen LogP contribution in [-0.4, -0.2) is 63.1 Å². The zero-order valence-corrected chi connectivity index (χ0v) is 22.2. The van der Waals surface area contributed by atoms with E-state index in [4.69, 9.17) is 0 Å². The van der Waals surface area contributed by atoms with Gasteiger partial charge < -0.3 is 20.9 Å². The van der Waals surface area contributed by atoms with Crippen LogP contribution < -0.4 is 20.9 Å². The summed E-state index contributed by atoms with van der Waals surface area (Å²) >= 11 is 0. The Kier molecular flexibility index (Phi) is 11.5. The summed E-state index contributed by atoms with van der Waals surface area (Å²) in [5, 5.41) is 9.78. The van der Waals surface area contributed by atoms with Gasteiger partial charge in [-0.2, -0.15) is 0 Å². The number of nitrogens with zero attached hydrogens (tertiary/aromatic N) is 3. The number of anilines is 1. The number of hydrogen-bond donors (Lipinski definition) is 3. The number of rotatable bonds is 9. The average Bonchev–Trinajstić information content (AvgIpc) is 2.84. The summed E-state index contributed by atoms with van der Waals surface area (Å²) in [6.45, 7) is 9.81. The number of carbonyl (C=O) groups is 1. The first-order valence-electron chi connectivity index (χ1n) is 11.5. The molecule has 8 heteroatoms. The van der Waals surface area contributed by atoms with Gasteiger partial charge in [0.15, 0.2) is 5.96 Å². The smallest absolute Gasteiger partial charge is 0.239 e. The molecule has 3 rings (SSSR count). The molecule has 1 amide bonds. The van der Waals surface area contributed by atoms with Crippen LogP contribution in [0.1, 0.15) is 31.0 Å². The second-order valence-electron chi connectivity index (χ2n) is 7.89. The van der Waals surface area contributed by atoms with Gasteiger partial charge in [0, 0.05) is 38.9 Å². The lowest BCUT2D eigenvalue weighted by Crippen LogP contribution is -2.47. The average molecular weight is 565 g/mol. The maximum absolute atomic E-state index is 11.6. The minimum atomic E-state index is 0. The number of carbonyl (C=O) groups excluding carboxylic acids is 1. The molecule has 1 atom stereocenters. The number of piperazine rings is 1. The number of amides is 1. The van der Waals surface area contributed by atoms with E-state index in [9.17, 15) is 4.79 Å². The third kappa shape index (κ3) is 7.89. The monoisotopic (exact) mass is 564 g/mol. The Labute approximate surface area is 215 Å². The van der Waals surface area contributed by atoms with Crippen LogP contribution in [0.3, 0.4) is 0 Å². The predicted octanol–water partition coefficient (Wildman–Crippen LogP) is 2.99. The van der Waals surface area contributed by atoms with E-state index in [0.717, 1.165) is 37.8 Å². The third-order valence-electron chi connectivity index (χ3n) is 5.92. The summed E-state index contributed by atoms with van der Waals surface area (Å²) in [5.41, 5.74) is 3.55. The first-order valence-corrected chi connectivity index (χ1v) is 11.5. The first kappa shape index (κ1) is 26.9. The van der Waals surface area contributed by atoms with Crippen LogP contribution >= 0.6 is 24.0 Å². The van der Waals surface area contributed by atoms with Crippen LogP contribution in [0.4, 0.5) is 5.69 Å². The molecular formula is C25H37IN6O. The minimum absolute atomic E-state index is 0. The molecule has 1 saturated heterocycles. The van der Waals surface area contributed by atoms with Gasteiger partial charge in [0.2, 0.25) is 5.91 Å². The molecule has 180 valence electrons. The highest BCUT2D eigenvalue weighted by atomic mass is 127. The zero-order chi connectivity index (χ0) is 22.8. The molecular weight excluding hydrogens is 527 g/mol. The number of aliphatic imine (C=N–C) groups is 1. The fourth-order valence-electron chi connectivity index (χ4n) is 4.08. The van der Waals surface area contributed by atoms with Crippen molar-refractivity contribution in [3.63, 3.8) is 0 Å². The maximum atomic E-state index is 11.6. The molecule has 0 aromatic heterocycles. The fourth-order valence-corrected chi connectivity index (χ4v) is 4.08. The molecule has 1 heterocycles. The van der Waals surface area contributed by atoms with Crippen molar-refractivity contribution in [2.24, 2.45) is 4.99 Å². The molecule has 1 unspecified atom stereocenters. The van der Waals surface area contributed by atoms with Crippen molar-refractivity contribution in [2.45, 2.75) is 26.4 Å². The van der Waals surface area contributed by atoms with Crippen LogP contribution in [0.25, 0.3) is 0 Å². The Bertz CT molecular complexity index is 870. The number of halogens is 1. The normalized spacial score (nSPS) is 15.0. The topological polar surface area (TPSA) is 72.0 Å². The Morgan fingerprint density at radius 2 is 1.79 bits per heavy atom. The van der Waals surface area contributed by atoms with E-state index >= 15 is 0 Å². The largest absolute Gasteiger partial charge is 0.360 e. The van der Waals surface area contributed by atoms with Crippen LogP contribution in [0.15, 0.2) is 59.6 Å². The Balaban J connectivity index is 0.00000385. The summed E-state index contributed by atoms with van der Waals surface area (Å²) < 4.78 is 0. The van der Waals surface area contributed by atoms with Gasteiger partial charge in [-0.05, 0) is 36.3 Å². The third-order valence-corrected chi connectivity index (χ3v) is 5.92. The van der Waals surface area contributed by atoms with Crippen molar-refractivity contribution in [2.75, 3.05) is 51.2 Å². The van der Waals surface area contributed by atoms with E-state index in [1.54, 1.807) is 7.05 Å². The van der Waals surface area contributed by atoms with Gasteiger partial charge >= 0.3 is 0 Å². The predicted molar refractivity (Wildman–Crippen MR) is 147 cm³/mol. The van der Waals surface area contributed by atoms with Crippen molar-refractivity contribution < 1.29 is 4.79 Å². The van der Waals surface area contributed by atoms with Crippen molar-refractivity contribution >= 4 is 41.5 Å². The van der Waals surface area contributed by atoms with Crippen LogP contribution in [0.5, 0.6) is 0 Å². The highest BCUT2D eigenvalue weighted by molar-refractivity contribution is 14.0. The molecule has 2 aromatic rings. The highest BCUT2D eigenvalue weighted by Gasteiger charge is 2.18. The van der Waals surface area contributed by atoms with Gasteiger partial charge in [-0.1, -0.05) is 56.3 Å². The van der Waals surface area contributed by atoms with Crippen LogP contribution in [0, 0.1) is 0 Å². The Hall–Kier alpha value is -2.33. The van der Waals surface area contributed by atoms with Crippen LogP contribution in [-0.2, 0) is 11.3 Å². The van der Waals surface area contributed by atoms with E-state index < -0.39 is 0 Å². The quantitative estimate of drug-likeness (QED) is 0.248. The second-order valence-corrected chi connectivity index (χ2v) is 7.89. The van der Waals surface area contributed by atoms with E-state index in [1.165, 1.54) is 11.1 Å². The highest BCUT2D eigenvalue weighted by Crippen LogP contribution is 2.19. The molecule has 0 radical (unpaired) electrons. The van der Waals surface area contributed by atoms with Crippen molar-refractivity contribution in [3.8, 4) is 0 Å². The summed E-state index contributed by atoms with van der Waals surface area (Å²) in [4.78, 5) is 20.6. The molecule has 0 spiro atoms. The molecule has 3 N–H and O–H groups in total. The lowest BCUT2D eigenvalue weighted by molar-refractivity contribution is -0.120. The molecule has 33 heavy (non-hydrogen) atoms. The summed E-state index contributed by atoms with van der Waals surface area (Å²) in [7, 11) is 1.80. The Morgan fingerprint density at radius 3 is 2.39 bits per heavy atom. The van der Waals surface area contributed by atoms with Gasteiger partial charge in [-0.3, -0.25) is 14.7 Å². The van der Waals surface area contributed by atoms with Gasteiger partial charge in [-0.25, -0.2) is 0 Å².